The van der Waals surface area contributed by atoms with Gasteiger partial charge in [0, 0.05) is 24.0 Å². The van der Waals surface area contributed by atoms with E-state index in [2.05, 4.69) is 10.6 Å². The topological polar surface area (TPSA) is 87.7 Å². The van der Waals surface area contributed by atoms with Crippen LogP contribution < -0.4 is 15.4 Å². The van der Waals surface area contributed by atoms with Crippen LogP contribution >= 0.6 is 23.2 Å². The molecule has 0 aromatic heterocycles. The number of carbonyl (C=O) groups is 2. The maximum Gasteiger partial charge on any atom is 0.307 e. The minimum Gasteiger partial charge on any atom is -0.481 e. The van der Waals surface area contributed by atoms with E-state index in [1.165, 1.54) is 12.1 Å². The Hall–Kier alpha value is -3.22. The zero-order valence-electron chi connectivity index (χ0n) is 15.9. The molecule has 0 unspecified atom stereocenters. The third-order valence-corrected chi connectivity index (χ3v) is 4.74. The molecule has 1 amide bonds. The molecule has 8 heteroatoms. The highest BCUT2D eigenvalue weighted by Crippen LogP contribution is 2.37. The number of benzene rings is 3. The van der Waals surface area contributed by atoms with Gasteiger partial charge in [0.25, 0.3) is 5.91 Å². The molecule has 3 rings (SSSR count). The predicted octanol–water partition coefficient (Wildman–Crippen LogP) is 5.71. The van der Waals surface area contributed by atoms with E-state index in [9.17, 15) is 9.59 Å². The minimum absolute atomic E-state index is 0.189. The summed E-state index contributed by atoms with van der Waals surface area (Å²) in [5.74, 6) is -0.520. The Bertz CT molecular complexity index is 1040. The molecule has 0 heterocycles. The maximum absolute atomic E-state index is 12.3. The zero-order chi connectivity index (χ0) is 21.7. The Morgan fingerprint density at radius 2 is 1.50 bits per heavy atom. The van der Waals surface area contributed by atoms with E-state index in [-0.39, 0.29) is 28.1 Å². The molecule has 0 aliphatic carbocycles. The van der Waals surface area contributed by atoms with Crippen LogP contribution in [-0.4, -0.2) is 24.0 Å². The zero-order valence-corrected chi connectivity index (χ0v) is 17.4. The summed E-state index contributed by atoms with van der Waals surface area (Å²) in [6.45, 7) is 0. The van der Waals surface area contributed by atoms with Crippen LogP contribution in [0.5, 0.6) is 11.5 Å². The van der Waals surface area contributed by atoms with E-state index in [1.54, 1.807) is 36.4 Å². The second-order valence-electron chi connectivity index (χ2n) is 6.37. The van der Waals surface area contributed by atoms with Crippen molar-refractivity contribution in [2.24, 2.45) is 0 Å². The van der Waals surface area contributed by atoms with Gasteiger partial charge in [-0.3, -0.25) is 9.59 Å². The number of rotatable bonds is 7. The average molecular weight is 445 g/mol. The van der Waals surface area contributed by atoms with Gasteiger partial charge in [0.2, 0.25) is 0 Å². The van der Waals surface area contributed by atoms with Crippen molar-refractivity contribution in [2.75, 3.05) is 17.7 Å². The fourth-order valence-electron chi connectivity index (χ4n) is 2.70. The highest BCUT2D eigenvalue weighted by molar-refractivity contribution is 6.37. The van der Waals surface area contributed by atoms with Crippen LogP contribution in [0.2, 0.25) is 10.0 Å². The van der Waals surface area contributed by atoms with Crippen LogP contribution in [0.25, 0.3) is 0 Å². The Balaban J connectivity index is 1.68. The van der Waals surface area contributed by atoms with Crippen molar-refractivity contribution in [3.05, 3.63) is 81.8 Å². The molecule has 154 valence electrons. The molecule has 0 saturated heterocycles. The first kappa shape index (κ1) is 21.5. The number of carbonyl (C=O) groups excluding carboxylic acids is 1. The third-order valence-electron chi connectivity index (χ3n) is 4.18. The summed E-state index contributed by atoms with van der Waals surface area (Å²) >= 11 is 12.4. The fraction of sp³-hybridized carbons (Fsp3) is 0.0909. The van der Waals surface area contributed by atoms with E-state index < -0.39 is 5.97 Å². The van der Waals surface area contributed by atoms with Crippen LogP contribution in [0.4, 0.5) is 11.4 Å². The predicted molar refractivity (Wildman–Crippen MR) is 118 cm³/mol. The summed E-state index contributed by atoms with van der Waals surface area (Å²) in [6.07, 6.45) is -0.189. The second kappa shape index (κ2) is 9.52. The van der Waals surface area contributed by atoms with Gasteiger partial charge in [-0.15, -0.1) is 0 Å². The molecule has 0 atom stereocenters. The summed E-state index contributed by atoms with van der Waals surface area (Å²) < 4.78 is 5.74. The number of carboxylic acids is 1. The van der Waals surface area contributed by atoms with Crippen LogP contribution in [0, 0.1) is 0 Å². The van der Waals surface area contributed by atoms with Crippen LogP contribution in [0.3, 0.4) is 0 Å². The SMILES string of the molecule is CNc1ccc(C(=O)Nc2ccc(Oc3c(Cl)cc(CC(=O)O)cc3Cl)cc2)cc1. The molecule has 6 nitrogen and oxygen atoms in total. The third kappa shape index (κ3) is 5.43. The van der Waals surface area contributed by atoms with E-state index >= 15 is 0 Å². The van der Waals surface area contributed by atoms with Gasteiger partial charge in [-0.1, -0.05) is 23.2 Å². The maximum atomic E-state index is 12.3. The highest BCUT2D eigenvalue weighted by atomic mass is 35.5. The molecule has 3 N–H and O–H groups in total. The fourth-order valence-corrected chi connectivity index (χ4v) is 3.31. The van der Waals surface area contributed by atoms with E-state index in [0.717, 1.165) is 5.69 Å². The second-order valence-corrected chi connectivity index (χ2v) is 7.18. The van der Waals surface area contributed by atoms with Gasteiger partial charge < -0.3 is 20.5 Å². The molecule has 0 radical (unpaired) electrons. The van der Waals surface area contributed by atoms with Crippen LogP contribution in [-0.2, 0) is 11.2 Å². The quantitative estimate of drug-likeness (QED) is 0.434. The van der Waals surface area contributed by atoms with Crippen molar-refractivity contribution in [1.82, 2.24) is 0 Å². The van der Waals surface area contributed by atoms with Gasteiger partial charge >= 0.3 is 5.97 Å². The number of anilines is 2. The Kier molecular flexibility index (Phi) is 6.82. The normalized spacial score (nSPS) is 10.4. The largest absolute Gasteiger partial charge is 0.481 e. The number of halogens is 2. The monoisotopic (exact) mass is 444 g/mol. The standard InChI is InChI=1S/C22H18Cl2N2O4/c1-25-15-4-2-14(3-5-15)22(29)26-16-6-8-17(9-7-16)30-21-18(23)10-13(11-19(21)24)12-20(27)28/h2-11,25H,12H2,1H3,(H,26,29)(H,27,28). The average Bonchev–Trinajstić information content (AvgIpc) is 2.71. The summed E-state index contributed by atoms with van der Waals surface area (Å²) in [4.78, 5) is 23.2. The first-order valence-corrected chi connectivity index (χ1v) is 9.68. The van der Waals surface area contributed by atoms with Gasteiger partial charge in [0.15, 0.2) is 5.75 Å². The molecular formula is C22H18Cl2N2O4. The van der Waals surface area contributed by atoms with Gasteiger partial charge in [0.1, 0.15) is 5.75 Å². The van der Waals surface area contributed by atoms with Crippen molar-refractivity contribution in [1.29, 1.82) is 0 Å². The number of amides is 1. The molecule has 0 fully saturated rings. The number of nitrogens with one attached hydrogen (secondary N) is 2. The Labute approximate surface area is 183 Å². The molecular weight excluding hydrogens is 427 g/mol. The smallest absolute Gasteiger partial charge is 0.307 e. The molecule has 0 aliphatic heterocycles. The summed E-state index contributed by atoms with van der Waals surface area (Å²) in [6, 6.07) is 16.8. The lowest BCUT2D eigenvalue weighted by molar-refractivity contribution is -0.136. The van der Waals surface area contributed by atoms with Crippen molar-refractivity contribution >= 4 is 46.5 Å². The van der Waals surface area contributed by atoms with Gasteiger partial charge in [0.05, 0.1) is 16.5 Å². The first-order valence-electron chi connectivity index (χ1n) is 8.92. The molecule has 0 aliphatic rings. The molecule has 30 heavy (non-hydrogen) atoms. The highest BCUT2D eigenvalue weighted by Gasteiger charge is 2.13. The van der Waals surface area contributed by atoms with E-state index in [1.807, 2.05) is 19.2 Å². The number of carboxylic acid groups (broad SMARTS) is 1. The van der Waals surface area contributed by atoms with Crippen molar-refractivity contribution in [3.8, 4) is 11.5 Å². The number of hydrogen-bond donors (Lipinski definition) is 3. The lowest BCUT2D eigenvalue weighted by Crippen LogP contribution is -2.11. The van der Waals surface area contributed by atoms with Crippen molar-refractivity contribution in [2.45, 2.75) is 6.42 Å². The number of aliphatic carboxylic acids is 1. The summed E-state index contributed by atoms with van der Waals surface area (Å²) in [5.41, 5.74) is 2.53. The Morgan fingerprint density at radius 1 is 0.933 bits per heavy atom. The lowest BCUT2D eigenvalue weighted by Gasteiger charge is -2.12. The van der Waals surface area contributed by atoms with E-state index in [4.69, 9.17) is 33.0 Å². The van der Waals surface area contributed by atoms with Crippen LogP contribution in [0.15, 0.2) is 60.7 Å². The number of hydrogen-bond acceptors (Lipinski definition) is 4. The molecule has 3 aromatic rings. The number of ether oxygens (including phenoxy) is 1. The van der Waals surface area contributed by atoms with Crippen LogP contribution in [0.1, 0.15) is 15.9 Å². The Morgan fingerprint density at radius 3 is 2.03 bits per heavy atom. The van der Waals surface area contributed by atoms with Crippen molar-refractivity contribution in [3.63, 3.8) is 0 Å². The van der Waals surface area contributed by atoms with Gasteiger partial charge in [-0.25, -0.2) is 0 Å². The van der Waals surface area contributed by atoms with E-state index in [0.29, 0.717) is 22.6 Å². The lowest BCUT2D eigenvalue weighted by atomic mass is 10.1. The van der Waals surface area contributed by atoms with Gasteiger partial charge in [-0.2, -0.15) is 0 Å². The molecule has 0 saturated carbocycles. The summed E-state index contributed by atoms with van der Waals surface area (Å²) in [5, 5.41) is 15.1. The summed E-state index contributed by atoms with van der Waals surface area (Å²) in [7, 11) is 1.81. The molecule has 0 bridgehead atoms. The molecule has 3 aromatic carbocycles. The molecule has 0 spiro atoms. The minimum atomic E-state index is -0.980. The van der Waals surface area contributed by atoms with Crippen molar-refractivity contribution < 1.29 is 19.4 Å². The first-order chi connectivity index (χ1) is 14.4. The van der Waals surface area contributed by atoms with Gasteiger partial charge in [-0.05, 0) is 66.2 Å².